The van der Waals surface area contributed by atoms with Gasteiger partial charge in [-0.15, -0.1) is 11.3 Å². The molecule has 0 aromatic carbocycles. The summed E-state index contributed by atoms with van der Waals surface area (Å²) in [6.07, 6.45) is 6.03. The summed E-state index contributed by atoms with van der Waals surface area (Å²) >= 11 is 4.05. The van der Waals surface area contributed by atoms with Crippen molar-refractivity contribution in [3.05, 3.63) is 51.5 Å². The Balaban J connectivity index is 1.80. The van der Waals surface area contributed by atoms with Gasteiger partial charge in [-0.25, -0.2) is 0 Å². The van der Waals surface area contributed by atoms with Gasteiger partial charge in [-0.05, 0) is 55.0 Å². The van der Waals surface area contributed by atoms with Crippen LogP contribution < -0.4 is 5.32 Å². The zero-order valence-corrected chi connectivity index (χ0v) is 12.7. The van der Waals surface area contributed by atoms with Crippen LogP contribution in [-0.2, 0) is 18.6 Å². The topological polar surface area (TPSA) is 24.9 Å². The molecule has 1 unspecified atom stereocenters. The lowest BCUT2D eigenvalue weighted by Crippen LogP contribution is -2.17. The minimum Gasteiger partial charge on any atom is -0.312 e. The monoisotopic (exact) mass is 290 g/mol. The quantitative estimate of drug-likeness (QED) is 0.934. The summed E-state index contributed by atoms with van der Waals surface area (Å²) in [4.78, 5) is 7.16. The van der Waals surface area contributed by atoms with Crippen molar-refractivity contribution in [3.8, 4) is 0 Å². The summed E-state index contributed by atoms with van der Waals surface area (Å²) in [6.45, 7) is 0. The van der Waals surface area contributed by atoms with E-state index < -0.39 is 0 Å². The van der Waals surface area contributed by atoms with E-state index in [0.717, 1.165) is 6.42 Å². The highest BCUT2D eigenvalue weighted by atomic mass is 32.2. The molecule has 1 aliphatic rings. The summed E-state index contributed by atoms with van der Waals surface area (Å²) in [6, 6.07) is 7.04. The van der Waals surface area contributed by atoms with Crippen LogP contribution in [0.4, 0.5) is 0 Å². The number of pyridine rings is 1. The lowest BCUT2D eigenvalue weighted by atomic mass is 10.1. The van der Waals surface area contributed by atoms with Crippen LogP contribution in [0.2, 0.25) is 0 Å². The molecule has 2 aromatic rings. The van der Waals surface area contributed by atoms with Crippen molar-refractivity contribution in [3.63, 3.8) is 0 Å². The Hall–Kier alpha value is -0.840. The number of nitrogens with zero attached hydrogens (tertiary/aromatic N) is 1. The molecule has 1 N–H and O–H groups in total. The molecule has 1 atom stereocenters. The maximum Gasteiger partial charge on any atom is 0.0453 e. The molecule has 3 rings (SSSR count). The number of hydrogen-bond donors (Lipinski definition) is 1. The Morgan fingerprint density at radius 2 is 2.21 bits per heavy atom. The number of rotatable bonds is 4. The zero-order chi connectivity index (χ0) is 13.1. The van der Waals surface area contributed by atoms with E-state index in [1.807, 2.05) is 23.7 Å². The van der Waals surface area contributed by atoms with Crippen LogP contribution in [0.25, 0.3) is 0 Å². The second kappa shape index (κ2) is 6.07. The van der Waals surface area contributed by atoms with E-state index in [1.165, 1.54) is 28.4 Å². The maximum absolute atomic E-state index is 4.08. The first-order valence-electron chi connectivity index (χ1n) is 6.62. The molecule has 0 amide bonds. The number of nitrogens with one attached hydrogen (secondary N) is 1. The summed E-state index contributed by atoms with van der Waals surface area (Å²) < 4.78 is 0. The Bertz CT molecular complexity index is 513. The van der Waals surface area contributed by atoms with Crippen molar-refractivity contribution in [2.24, 2.45) is 0 Å². The molecule has 0 bridgehead atoms. The number of aromatic nitrogens is 1. The van der Waals surface area contributed by atoms with Crippen molar-refractivity contribution in [1.82, 2.24) is 10.3 Å². The van der Waals surface area contributed by atoms with E-state index in [0.29, 0.717) is 6.04 Å². The average molecular weight is 290 g/mol. The minimum absolute atomic E-state index is 0.419. The normalized spacial score (nSPS) is 16.1. The molecule has 100 valence electrons. The summed E-state index contributed by atoms with van der Waals surface area (Å²) in [5.74, 6) is 2.47. The molecule has 0 saturated heterocycles. The molecule has 4 heteroatoms. The summed E-state index contributed by atoms with van der Waals surface area (Å²) in [5.41, 5.74) is 2.90. The van der Waals surface area contributed by atoms with Crippen LogP contribution in [0.15, 0.2) is 30.6 Å². The van der Waals surface area contributed by atoms with E-state index in [4.69, 9.17) is 0 Å². The first-order chi connectivity index (χ1) is 9.36. The Labute approximate surface area is 122 Å². The molecule has 0 saturated carbocycles. The number of thiophene rings is 1. The van der Waals surface area contributed by atoms with Crippen LogP contribution in [0.3, 0.4) is 0 Å². The van der Waals surface area contributed by atoms with Crippen LogP contribution in [0.1, 0.15) is 26.9 Å². The number of hydrogen-bond acceptors (Lipinski definition) is 4. The van der Waals surface area contributed by atoms with Gasteiger partial charge < -0.3 is 5.32 Å². The second-order valence-electron chi connectivity index (χ2n) is 4.80. The lowest BCUT2D eigenvalue weighted by molar-refractivity contribution is 0.601. The van der Waals surface area contributed by atoms with Gasteiger partial charge in [0.25, 0.3) is 0 Å². The highest BCUT2D eigenvalue weighted by molar-refractivity contribution is 7.98. The van der Waals surface area contributed by atoms with Crippen molar-refractivity contribution >= 4 is 23.1 Å². The molecule has 0 aliphatic carbocycles. The third-order valence-electron chi connectivity index (χ3n) is 3.53. The van der Waals surface area contributed by atoms with E-state index in [2.05, 4.69) is 47.3 Å². The van der Waals surface area contributed by atoms with Gasteiger partial charge in [-0.1, -0.05) is 0 Å². The third-order valence-corrected chi connectivity index (χ3v) is 5.89. The molecule has 2 nitrogen and oxygen atoms in total. The maximum atomic E-state index is 4.08. The largest absolute Gasteiger partial charge is 0.312 e. The standard InChI is InChI=1S/C15H18N2S2/c1-16-13(8-11-2-5-17-6-3-11)15-9-12-10-18-7-4-14(12)19-15/h2-3,5-6,9,13,16H,4,7-8,10H2,1H3. The third kappa shape index (κ3) is 3.02. The molecular formula is C15H18N2S2. The fraction of sp³-hybridized carbons (Fsp3) is 0.400. The van der Waals surface area contributed by atoms with Gasteiger partial charge in [0, 0.05) is 33.9 Å². The number of aryl methyl sites for hydroxylation is 1. The van der Waals surface area contributed by atoms with Crippen LogP contribution in [0, 0.1) is 0 Å². The zero-order valence-electron chi connectivity index (χ0n) is 11.1. The van der Waals surface area contributed by atoms with Crippen molar-refractivity contribution in [1.29, 1.82) is 0 Å². The van der Waals surface area contributed by atoms with Crippen LogP contribution in [-0.4, -0.2) is 17.8 Å². The molecule has 0 spiro atoms. The molecule has 19 heavy (non-hydrogen) atoms. The van der Waals surface area contributed by atoms with Gasteiger partial charge in [0.2, 0.25) is 0 Å². The van der Waals surface area contributed by atoms with E-state index in [1.54, 1.807) is 10.4 Å². The van der Waals surface area contributed by atoms with Gasteiger partial charge in [-0.2, -0.15) is 11.8 Å². The Morgan fingerprint density at radius 3 is 2.95 bits per heavy atom. The summed E-state index contributed by atoms with van der Waals surface area (Å²) in [7, 11) is 2.05. The number of fused-ring (bicyclic) bond motifs is 1. The molecule has 0 fully saturated rings. The predicted molar refractivity (Wildman–Crippen MR) is 83.9 cm³/mol. The van der Waals surface area contributed by atoms with Crippen LogP contribution in [0.5, 0.6) is 0 Å². The van der Waals surface area contributed by atoms with E-state index >= 15 is 0 Å². The molecule has 1 aliphatic heterocycles. The molecular weight excluding hydrogens is 272 g/mol. The predicted octanol–water partition coefficient (Wildman–Crippen LogP) is 3.44. The Kier molecular flexibility index (Phi) is 4.21. The van der Waals surface area contributed by atoms with Gasteiger partial charge in [0.1, 0.15) is 0 Å². The first-order valence-corrected chi connectivity index (χ1v) is 8.59. The van der Waals surface area contributed by atoms with E-state index in [-0.39, 0.29) is 0 Å². The van der Waals surface area contributed by atoms with Crippen molar-refractivity contribution < 1.29 is 0 Å². The number of likely N-dealkylation sites (N-methyl/N-ethyl adjacent to an activating group) is 1. The molecule has 3 heterocycles. The smallest absolute Gasteiger partial charge is 0.0453 e. The molecule has 2 aromatic heterocycles. The van der Waals surface area contributed by atoms with Crippen molar-refractivity contribution in [2.75, 3.05) is 12.8 Å². The van der Waals surface area contributed by atoms with Crippen LogP contribution >= 0.6 is 23.1 Å². The Morgan fingerprint density at radius 1 is 1.37 bits per heavy atom. The average Bonchev–Trinajstić information content (AvgIpc) is 2.89. The van der Waals surface area contributed by atoms with Gasteiger partial charge in [-0.3, -0.25) is 4.98 Å². The fourth-order valence-corrected chi connectivity index (χ4v) is 4.93. The van der Waals surface area contributed by atoms with Gasteiger partial charge in [0.05, 0.1) is 0 Å². The number of thioether (sulfide) groups is 1. The van der Waals surface area contributed by atoms with E-state index in [9.17, 15) is 0 Å². The SMILES string of the molecule is CNC(Cc1ccncc1)c1cc2c(s1)CCSC2. The van der Waals surface area contributed by atoms with Gasteiger partial charge in [0.15, 0.2) is 0 Å². The summed E-state index contributed by atoms with van der Waals surface area (Å²) in [5, 5.41) is 3.46. The fourth-order valence-electron chi connectivity index (χ4n) is 2.44. The highest BCUT2D eigenvalue weighted by Gasteiger charge is 2.18. The highest BCUT2D eigenvalue weighted by Crippen LogP contribution is 2.35. The van der Waals surface area contributed by atoms with Crippen molar-refractivity contribution in [2.45, 2.75) is 24.6 Å². The second-order valence-corrected chi connectivity index (χ2v) is 7.07. The minimum atomic E-state index is 0.419. The van der Waals surface area contributed by atoms with Gasteiger partial charge >= 0.3 is 0 Å². The first kappa shape index (κ1) is 13.2. The molecule has 0 radical (unpaired) electrons. The lowest BCUT2D eigenvalue weighted by Gasteiger charge is -2.14.